The molecule has 0 radical (unpaired) electrons. The molecule has 1 aromatic heterocycles. The molecule has 0 saturated carbocycles. The summed E-state index contributed by atoms with van der Waals surface area (Å²) in [7, 11) is 0. The van der Waals surface area contributed by atoms with E-state index < -0.39 is 23.7 Å². The maximum absolute atomic E-state index is 13.9. The number of hydrogen-bond acceptors (Lipinski definition) is 4. The number of halogens is 2. The highest BCUT2D eigenvalue weighted by atomic mass is 19.3. The quantitative estimate of drug-likeness (QED) is 0.342. The molecule has 9 heteroatoms. The van der Waals surface area contributed by atoms with Crippen molar-refractivity contribution in [2.45, 2.75) is 26.2 Å². The van der Waals surface area contributed by atoms with Gasteiger partial charge < -0.3 is 16.0 Å². The van der Waals surface area contributed by atoms with Crippen LogP contribution in [0.1, 0.15) is 25.8 Å². The number of anilines is 2. The minimum atomic E-state index is -3.03. The average Bonchev–Trinajstić information content (AvgIpc) is 3.15. The normalized spacial score (nSPS) is 12.4. The summed E-state index contributed by atoms with van der Waals surface area (Å²) in [5.74, 6) is -5.92. The Bertz CT molecular complexity index is 1110. The van der Waals surface area contributed by atoms with Crippen molar-refractivity contribution in [2.24, 2.45) is 5.92 Å². The lowest BCUT2D eigenvalue weighted by molar-refractivity contribution is -0.126. The Hall–Kier alpha value is -3.62. The molecule has 0 fully saturated rings. The first kappa shape index (κ1) is 21.1. The number of fused-ring (bicyclic) bond motifs is 1. The molecular weight excluding hydrogens is 392 g/mol. The molecule has 0 aliphatic carbocycles. The molecule has 4 N–H and O–H groups in total. The molecule has 3 aromatic rings. The predicted molar refractivity (Wildman–Crippen MR) is 111 cm³/mol. The number of aromatic nitrogens is 2. The van der Waals surface area contributed by atoms with Gasteiger partial charge in [-0.1, -0.05) is 19.1 Å². The van der Waals surface area contributed by atoms with Crippen LogP contribution in [0, 0.1) is 11.3 Å². The van der Waals surface area contributed by atoms with Gasteiger partial charge >= 0.3 is 0 Å². The summed E-state index contributed by atoms with van der Waals surface area (Å²) in [6, 6.07) is 10.4. The van der Waals surface area contributed by atoms with Crippen LogP contribution in [-0.2, 0) is 15.5 Å². The van der Waals surface area contributed by atoms with Crippen LogP contribution in [0.2, 0.25) is 0 Å². The molecular formula is C21H21F2N5O2. The van der Waals surface area contributed by atoms with Crippen molar-refractivity contribution < 1.29 is 18.4 Å². The molecule has 30 heavy (non-hydrogen) atoms. The van der Waals surface area contributed by atoms with Gasteiger partial charge in [-0.2, -0.15) is 5.10 Å². The Morgan fingerprint density at radius 2 is 1.80 bits per heavy atom. The molecule has 0 saturated heterocycles. The van der Waals surface area contributed by atoms with E-state index in [9.17, 15) is 18.4 Å². The van der Waals surface area contributed by atoms with Gasteiger partial charge in [0.15, 0.2) is 5.92 Å². The Morgan fingerprint density at radius 3 is 2.43 bits per heavy atom. The van der Waals surface area contributed by atoms with Crippen molar-refractivity contribution in [2.75, 3.05) is 10.6 Å². The second-order valence-corrected chi connectivity index (χ2v) is 6.91. The number of carbonyl (C=O) groups excluding carboxylic acids is 2. The standard InChI is InChI=1S/C21H21F2N5O2/c1-3-21(22,23)14-5-4-6-15(9-14)26-19(29)18(12(2)24)20(30)27-16-8-7-13-11-25-28-17(13)10-16/h4-11,18,24H,3H2,1-2H3,(H,25,28)(H,26,29)(H,27,30). The third-order valence-corrected chi connectivity index (χ3v) is 4.66. The van der Waals surface area contributed by atoms with E-state index in [-0.39, 0.29) is 23.4 Å². The lowest BCUT2D eigenvalue weighted by atomic mass is 10.0. The fourth-order valence-electron chi connectivity index (χ4n) is 2.98. The van der Waals surface area contributed by atoms with E-state index >= 15 is 0 Å². The number of nitrogens with zero attached hydrogens (tertiary/aromatic N) is 1. The molecule has 1 unspecified atom stereocenters. The van der Waals surface area contributed by atoms with Crippen LogP contribution in [0.15, 0.2) is 48.7 Å². The Kier molecular flexibility index (Phi) is 5.91. The van der Waals surface area contributed by atoms with Crippen molar-refractivity contribution >= 4 is 39.8 Å². The minimum Gasteiger partial charge on any atom is -0.325 e. The second-order valence-electron chi connectivity index (χ2n) is 6.91. The van der Waals surface area contributed by atoms with Crippen molar-refractivity contribution in [3.8, 4) is 0 Å². The molecule has 1 heterocycles. The Balaban J connectivity index is 1.77. The van der Waals surface area contributed by atoms with Crippen molar-refractivity contribution in [3.63, 3.8) is 0 Å². The predicted octanol–water partition coefficient (Wildman–Crippen LogP) is 4.30. The SMILES string of the molecule is CCC(F)(F)c1cccc(NC(=O)C(C(C)=N)C(=O)Nc2ccc3cn[nH]c3c2)c1. The van der Waals surface area contributed by atoms with Gasteiger partial charge in [0.2, 0.25) is 11.8 Å². The van der Waals surface area contributed by atoms with E-state index in [2.05, 4.69) is 20.8 Å². The summed E-state index contributed by atoms with van der Waals surface area (Å²) < 4.78 is 27.9. The van der Waals surface area contributed by atoms with Crippen LogP contribution >= 0.6 is 0 Å². The number of nitrogens with one attached hydrogen (secondary N) is 4. The van der Waals surface area contributed by atoms with E-state index in [0.29, 0.717) is 11.2 Å². The zero-order chi connectivity index (χ0) is 21.9. The monoisotopic (exact) mass is 413 g/mol. The summed E-state index contributed by atoms with van der Waals surface area (Å²) in [6.45, 7) is 2.70. The summed E-state index contributed by atoms with van der Waals surface area (Å²) in [5.41, 5.74) is 0.851. The number of alkyl halides is 2. The number of aromatic amines is 1. The fourth-order valence-corrected chi connectivity index (χ4v) is 2.98. The fraction of sp³-hybridized carbons (Fsp3) is 0.238. The van der Waals surface area contributed by atoms with Crippen LogP contribution in [0.3, 0.4) is 0 Å². The molecule has 1 atom stereocenters. The third-order valence-electron chi connectivity index (χ3n) is 4.66. The van der Waals surface area contributed by atoms with E-state index in [1.54, 1.807) is 24.4 Å². The second kappa shape index (κ2) is 8.40. The molecule has 3 rings (SSSR count). The number of rotatable bonds is 7. The first-order valence-corrected chi connectivity index (χ1v) is 9.29. The van der Waals surface area contributed by atoms with Gasteiger partial charge in [-0.05, 0) is 37.3 Å². The molecule has 2 aromatic carbocycles. The summed E-state index contributed by atoms with van der Waals surface area (Å²) in [4.78, 5) is 25.3. The lowest BCUT2D eigenvalue weighted by Gasteiger charge is -2.18. The van der Waals surface area contributed by atoms with Gasteiger partial charge in [-0.25, -0.2) is 8.78 Å². The molecule has 156 valence electrons. The van der Waals surface area contributed by atoms with Crippen molar-refractivity contribution in [1.29, 1.82) is 5.41 Å². The van der Waals surface area contributed by atoms with Crippen LogP contribution in [-0.4, -0.2) is 27.7 Å². The summed E-state index contributed by atoms with van der Waals surface area (Å²) in [5, 5.41) is 20.5. The minimum absolute atomic E-state index is 0.128. The molecule has 2 amide bonds. The van der Waals surface area contributed by atoms with E-state index in [0.717, 1.165) is 5.39 Å². The third kappa shape index (κ3) is 4.51. The molecule has 0 aliphatic heterocycles. The van der Waals surface area contributed by atoms with Gasteiger partial charge in [0.25, 0.3) is 5.92 Å². The highest BCUT2D eigenvalue weighted by Gasteiger charge is 2.31. The zero-order valence-electron chi connectivity index (χ0n) is 16.4. The van der Waals surface area contributed by atoms with Crippen molar-refractivity contribution in [3.05, 3.63) is 54.2 Å². The maximum atomic E-state index is 13.9. The largest absolute Gasteiger partial charge is 0.325 e. The topological polar surface area (TPSA) is 111 Å². The molecule has 0 bridgehead atoms. The van der Waals surface area contributed by atoms with Crippen LogP contribution < -0.4 is 10.6 Å². The number of H-pyrrole nitrogens is 1. The molecule has 0 aliphatic rings. The van der Waals surface area contributed by atoms with Gasteiger partial charge in [0, 0.05) is 34.5 Å². The van der Waals surface area contributed by atoms with E-state index in [1.807, 2.05) is 0 Å². The lowest BCUT2D eigenvalue weighted by Crippen LogP contribution is -2.38. The van der Waals surface area contributed by atoms with Gasteiger partial charge in [0.05, 0.1) is 11.7 Å². The van der Waals surface area contributed by atoms with Crippen molar-refractivity contribution in [1.82, 2.24) is 10.2 Å². The summed E-state index contributed by atoms with van der Waals surface area (Å²) in [6.07, 6.45) is 1.25. The van der Waals surface area contributed by atoms with Crippen LogP contribution in [0.4, 0.5) is 20.2 Å². The van der Waals surface area contributed by atoms with Gasteiger partial charge in [0.1, 0.15) is 0 Å². The summed E-state index contributed by atoms with van der Waals surface area (Å²) >= 11 is 0. The number of amides is 2. The Morgan fingerprint density at radius 1 is 1.13 bits per heavy atom. The van der Waals surface area contributed by atoms with Gasteiger partial charge in [-0.15, -0.1) is 0 Å². The number of carbonyl (C=O) groups is 2. The Labute approximate surface area is 171 Å². The van der Waals surface area contributed by atoms with Crippen LogP contribution in [0.25, 0.3) is 10.9 Å². The van der Waals surface area contributed by atoms with E-state index in [1.165, 1.54) is 38.1 Å². The van der Waals surface area contributed by atoms with Gasteiger partial charge in [-0.3, -0.25) is 14.7 Å². The first-order chi connectivity index (χ1) is 14.2. The smallest absolute Gasteiger partial charge is 0.273 e. The number of benzene rings is 2. The highest BCUT2D eigenvalue weighted by Crippen LogP contribution is 2.32. The zero-order valence-corrected chi connectivity index (χ0v) is 16.4. The highest BCUT2D eigenvalue weighted by molar-refractivity contribution is 6.24. The number of hydrogen-bond donors (Lipinski definition) is 4. The molecule has 0 spiro atoms. The first-order valence-electron chi connectivity index (χ1n) is 9.29. The van der Waals surface area contributed by atoms with Crippen LogP contribution in [0.5, 0.6) is 0 Å². The molecule has 7 nitrogen and oxygen atoms in total. The maximum Gasteiger partial charge on any atom is 0.273 e. The average molecular weight is 413 g/mol. The van der Waals surface area contributed by atoms with E-state index in [4.69, 9.17) is 5.41 Å².